The lowest BCUT2D eigenvalue weighted by Gasteiger charge is -2.18. The van der Waals surface area contributed by atoms with E-state index in [9.17, 15) is 13.2 Å². The quantitative estimate of drug-likeness (QED) is 0.402. The number of pyridine rings is 1. The Morgan fingerprint density at radius 1 is 1.14 bits per heavy atom. The minimum absolute atomic E-state index is 0.116. The van der Waals surface area contributed by atoms with E-state index in [0.29, 0.717) is 24.6 Å². The van der Waals surface area contributed by atoms with Gasteiger partial charge in [0.2, 0.25) is 21.8 Å². The molecule has 2 aromatic heterocycles. The van der Waals surface area contributed by atoms with Gasteiger partial charge in [-0.25, -0.2) is 13.4 Å². The topological polar surface area (TPSA) is 115 Å². The fourth-order valence-electron chi connectivity index (χ4n) is 4.68. The summed E-state index contributed by atoms with van der Waals surface area (Å²) < 4.78 is 34.1. The number of aromatic nitrogens is 3. The number of fused-ring (bicyclic) bond motifs is 3. The molecule has 0 aliphatic carbocycles. The lowest BCUT2D eigenvalue weighted by molar-refractivity contribution is -0.121. The molecule has 0 bridgehead atoms. The number of allylic oxidation sites excluding steroid dienone is 1. The van der Waals surface area contributed by atoms with Gasteiger partial charge in [-0.05, 0) is 70.7 Å². The number of sulfonamides is 1. The largest absolute Gasteiger partial charge is 0.472 e. The number of carbonyl (C=O) groups excluding carboxylic acids is 1. The Morgan fingerprint density at radius 2 is 1.97 bits per heavy atom. The van der Waals surface area contributed by atoms with Crippen LogP contribution in [0.2, 0.25) is 0 Å². The minimum Gasteiger partial charge on any atom is -0.472 e. The van der Waals surface area contributed by atoms with Gasteiger partial charge >= 0.3 is 0 Å². The number of anilines is 1. The van der Waals surface area contributed by atoms with Gasteiger partial charge in [0.25, 0.3) is 0 Å². The first-order valence-corrected chi connectivity index (χ1v) is 13.8. The van der Waals surface area contributed by atoms with Crippen molar-refractivity contribution >= 4 is 43.7 Å². The number of nitrogens with one attached hydrogen (secondary N) is 2. The Kier molecular flexibility index (Phi) is 6.43. The molecule has 0 unspecified atom stereocenters. The van der Waals surface area contributed by atoms with E-state index in [2.05, 4.69) is 33.1 Å². The molecule has 0 atom stereocenters. The molecule has 0 spiro atoms. The van der Waals surface area contributed by atoms with Gasteiger partial charge in [0.05, 0.1) is 18.0 Å². The summed E-state index contributed by atoms with van der Waals surface area (Å²) in [4.78, 5) is 16.5. The highest BCUT2D eigenvalue weighted by molar-refractivity contribution is 7.92. The number of carbonyl (C=O) groups is 1. The molecule has 2 aromatic carbocycles. The second-order valence-electron chi connectivity index (χ2n) is 8.85. The highest BCUT2D eigenvalue weighted by Crippen LogP contribution is 2.42. The van der Waals surface area contributed by atoms with E-state index in [0.717, 1.165) is 50.6 Å². The van der Waals surface area contributed by atoms with Gasteiger partial charge in [0, 0.05) is 29.9 Å². The van der Waals surface area contributed by atoms with E-state index in [1.807, 2.05) is 36.4 Å². The number of hydrogen-bond donors (Lipinski definition) is 2. The molecule has 0 saturated heterocycles. The number of nitrogens with zero attached hydrogens (tertiary/aromatic N) is 3. The molecule has 0 radical (unpaired) electrons. The first kappa shape index (κ1) is 24.5. The fraction of sp³-hybridized carbons (Fsp3) is 0.222. The van der Waals surface area contributed by atoms with Gasteiger partial charge < -0.3 is 10.1 Å². The molecule has 190 valence electrons. The summed E-state index contributed by atoms with van der Waals surface area (Å²) in [7, 11) is -1.82. The van der Waals surface area contributed by atoms with Crippen LogP contribution in [0.4, 0.5) is 5.69 Å². The summed E-state index contributed by atoms with van der Waals surface area (Å²) in [5, 5.41) is 7.97. The van der Waals surface area contributed by atoms with Gasteiger partial charge in [-0.2, -0.15) is 5.10 Å². The summed E-state index contributed by atoms with van der Waals surface area (Å²) in [5.41, 5.74) is 7.00. The first-order valence-electron chi connectivity index (χ1n) is 11.9. The van der Waals surface area contributed by atoms with Crippen molar-refractivity contribution in [2.24, 2.45) is 0 Å². The van der Waals surface area contributed by atoms with Crippen LogP contribution in [-0.4, -0.2) is 42.4 Å². The van der Waals surface area contributed by atoms with E-state index in [1.165, 1.54) is 0 Å². The van der Waals surface area contributed by atoms with Crippen LogP contribution in [0.15, 0.2) is 60.9 Å². The van der Waals surface area contributed by atoms with Crippen LogP contribution in [0, 0.1) is 0 Å². The molecule has 10 heteroatoms. The van der Waals surface area contributed by atoms with Crippen molar-refractivity contribution in [3.63, 3.8) is 0 Å². The molecule has 9 nitrogen and oxygen atoms in total. The van der Waals surface area contributed by atoms with Crippen molar-refractivity contribution in [2.45, 2.75) is 26.5 Å². The Hall–Kier alpha value is -4.18. The summed E-state index contributed by atoms with van der Waals surface area (Å²) >= 11 is 0. The number of amides is 1. The summed E-state index contributed by atoms with van der Waals surface area (Å²) in [6.45, 7) is 2.49. The normalized spacial score (nSPS) is 14.2. The minimum atomic E-state index is -3.42. The number of benzene rings is 2. The van der Waals surface area contributed by atoms with Gasteiger partial charge in [-0.3, -0.25) is 14.2 Å². The summed E-state index contributed by atoms with van der Waals surface area (Å²) in [6.07, 6.45) is 5.27. The van der Waals surface area contributed by atoms with Crippen LogP contribution in [-0.2, 0) is 28.0 Å². The molecule has 2 N–H and O–H groups in total. The Balaban J connectivity index is 1.75. The molecule has 4 aromatic rings. The summed E-state index contributed by atoms with van der Waals surface area (Å²) in [5.74, 6) is 0.394. The van der Waals surface area contributed by atoms with E-state index < -0.39 is 10.0 Å². The first-order chi connectivity index (χ1) is 17.8. The van der Waals surface area contributed by atoms with Gasteiger partial charge in [0.1, 0.15) is 13.2 Å². The van der Waals surface area contributed by atoms with Crippen LogP contribution in [0.1, 0.15) is 35.6 Å². The van der Waals surface area contributed by atoms with Gasteiger partial charge in [-0.1, -0.05) is 19.1 Å². The maximum atomic E-state index is 12.0. The summed E-state index contributed by atoms with van der Waals surface area (Å²) in [6, 6.07) is 15.3. The third-order valence-electron chi connectivity index (χ3n) is 6.28. The second-order valence-corrected chi connectivity index (χ2v) is 10.6. The molecule has 0 saturated carbocycles. The van der Waals surface area contributed by atoms with E-state index >= 15 is 0 Å². The second kappa shape index (κ2) is 9.70. The molecule has 1 aliphatic heterocycles. The van der Waals surface area contributed by atoms with Crippen LogP contribution >= 0.6 is 0 Å². The maximum absolute atomic E-state index is 12.0. The van der Waals surface area contributed by atoms with Crippen molar-refractivity contribution in [3.8, 4) is 5.88 Å². The van der Waals surface area contributed by atoms with Crippen molar-refractivity contribution < 1.29 is 17.9 Å². The molecule has 0 fully saturated rings. The molecule has 1 aliphatic rings. The third kappa shape index (κ3) is 4.92. The number of likely N-dealkylation sites (N-methyl/N-ethyl adjacent to an activating group) is 1. The number of ether oxygens (including phenoxy) is 1. The van der Waals surface area contributed by atoms with E-state index in [-0.39, 0.29) is 12.5 Å². The molecular weight excluding hydrogens is 490 g/mol. The molecular formula is C27H27N5O4S. The highest BCUT2D eigenvalue weighted by atomic mass is 32.2. The zero-order chi connectivity index (χ0) is 26.2. The maximum Gasteiger partial charge on any atom is 0.241 e. The van der Waals surface area contributed by atoms with E-state index in [4.69, 9.17) is 4.74 Å². The van der Waals surface area contributed by atoms with Crippen molar-refractivity contribution in [1.82, 2.24) is 20.1 Å². The van der Waals surface area contributed by atoms with Crippen molar-refractivity contribution in [3.05, 3.63) is 83.2 Å². The Morgan fingerprint density at radius 3 is 2.73 bits per heavy atom. The number of hydrogen-bond acceptors (Lipinski definition) is 6. The standard InChI is InChI=1S/C27H27N5O4S/c1-4-21(17-7-5-8-20(11-17)31-37(3,34)35)26-22-9-6-10-29-27(22)36-16-19-13-24-18(12-23(19)26)14-30-32(24)15-25(33)28-2/h5-14,31H,4,15-16H2,1-3H3,(H,28,33)/b26-21+. The molecule has 37 heavy (non-hydrogen) atoms. The van der Waals surface area contributed by atoms with E-state index in [1.54, 1.807) is 30.2 Å². The van der Waals surface area contributed by atoms with Crippen LogP contribution in [0.5, 0.6) is 5.88 Å². The highest BCUT2D eigenvalue weighted by Gasteiger charge is 2.25. The predicted molar refractivity (Wildman–Crippen MR) is 143 cm³/mol. The van der Waals surface area contributed by atoms with Crippen molar-refractivity contribution in [1.29, 1.82) is 0 Å². The van der Waals surface area contributed by atoms with Crippen LogP contribution in [0.3, 0.4) is 0 Å². The lowest BCUT2D eigenvalue weighted by atomic mass is 9.86. The lowest BCUT2D eigenvalue weighted by Crippen LogP contribution is -2.23. The SMILES string of the molecule is CC/C(=C1\c2cc3cnn(CC(=O)NC)c3cc2COc2ncccc21)c1cccc(NS(C)(=O)=O)c1. The van der Waals surface area contributed by atoms with Crippen molar-refractivity contribution in [2.75, 3.05) is 18.0 Å². The Bertz CT molecular complexity index is 1660. The zero-order valence-electron chi connectivity index (χ0n) is 20.8. The van der Waals surface area contributed by atoms with Crippen LogP contribution < -0.4 is 14.8 Å². The smallest absolute Gasteiger partial charge is 0.241 e. The average Bonchev–Trinajstić information content (AvgIpc) is 3.18. The molecule has 3 heterocycles. The predicted octanol–water partition coefficient (Wildman–Crippen LogP) is 3.81. The number of rotatable bonds is 6. The average molecular weight is 518 g/mol. The van der Waals surface area contributed by atoms with Gasteiger partial charge in [0.15, 0.2) is 0 Å². The zero-order valence-corrected chi connectivity index (χ0v) is 21.6. The molecule has 1 amide bonds. The van der Waals surface area contributed by atoms with Crippen LogP contribution in [0.25, 0.3) is 22.0 Å². The monoisotopic (exact) mass is 517 g/mol. The van der Waals surface area contributed by atoms with Gasteiger partial charge in [-0.15, -0.1) is 0 Å². The molecule has 5 rings (SSSR count). The Labute approximate surface area is 215 Å². The third-order valence-corrected chi connectivity index (χ3v) is 6.89. The fourth-order valence-corrected chi connectivity index (χ4v) is 5.24.